The molecule has 1 heterocycles. The smallest absolute Gasteiger partial charge is 0.258 e. The lowest BCUT2D eigenvalue weighted by molar-refractivity contribution is 0.102. The highest BCUT2D eigenvalue weighted by atomic mass is 35.5. The molecular formula is C18H14ClFN4O. The molecule has 0 bridgehead atoms. The molecule has 0 radical (unpaired) electrons. The molecule has 3 rings (SSSR count). The van der Waals surface area contributed by atoms with Crippen LogP contribution < -0.4 is 10.6 Å². The van der Waals surface area contributed by atoms with Gasteiger partial charge >= 0.3 is 0 Å². The van der Waals surface area contributed by atoms with Crippen LogP contribution in [0.1, 0.15) is 15.9 Å². The standard InChI is InChI=1S/C18H14ClFN4O/c1-11-2-3-13(19)8-16(11)24-18-21-9-12(10-22-18)17(25)23-15-6-4-14(20)5-7-15/h2-10H,1H3,(H,23,25)(H,21,22,24). The summed E-state index contributed by atoms with van der Waals surface area (Å²) in [6.45, 7) is 1.93. The number of aromatic nitrogens is 2. The number of carbonyl (C=O) groups is 1. The van der Waals surface area contributed by atoms with Gasteiger partial charge in [0, 0.05) is 28.8 Å². The molecule has 1 aromatic heterocycles. The van der Waals surface area contributed by atoms with E-state index >= 15 is 0 Å². The molecule has 0 saturated carbocycles. The van der Waals surface area contributed by atoms with Crippen molar-refractivity contribution in [2.45, 2.75) is 6.92 Å². The molecule has 0 saturated heterocycles. The van der Waals surface area contributed by atoms with Crippen LogP contribution in [0.15, 0.2) is 54.9 Å². The van der Waals surface area contributed by atoms with Gasteiger partial charge in [0.25, 0.3) is 5.91 Å². The number of nitrogens with one attached hydrogen (secondary N) is 2. The molecule has 126 valence electrons. The molecule has 3 aromatic rings. The molecule has 0 atom stereocenters. The largest absolute Gasteiger partial charge is 0.324 e. The molecule has 0 aliphatic heterocycles. The summed E-state index contributed by atoms with van der Waals surface area (Å²) in [4.78, 5) is 20.4. The van der Waals surface area contributed by atoms with Crippen LogP contribution in [-0.2, 0) is 0 Å². The quantitative estimate of drug-likeness (QED) is 0.718. The summed E-state index contributed by atoms with van der Waals surface area (Å²) in [6.07, 6.45) is 2.82. The normalized spacial score (nSPS) is 10.4. The number of hydrogen-bond donors (Lipinski definition) is 2. The van der Waals surface area contributed by atoms with Crippen molar-refractivity contribution in [2.75, 3.05) is 10.6 Å². The van der Waals surface area contributed by atoms with Crippen molar-refractivity contribution in [1.29, 1.82) is 0 Å². The second kappa shape index (κ2) is 7.27. The van der Waals surface area contributed by atoms with Gasteiger partial charge in [0.2, 0.25) is 5.95 Å². The Morgan fingerprint density at radius 2 is 1.76 bits per heavy atom. The third-order valence-electron chi connectivity index (χ3n) is 3.46. The maximum absolute atomic E-state index is 12.9. The second-order valence-electron chi connectivity index (χ2n) is 5.34. The summed E-state index contributed by atoms with van der Waals surface area (Å²) in [5, 5.41) is 6.30. The molecule has 0 aliphatic carbocycles. The fraction of sp³-hybridized carbons (Fsp3) is 0.0556. The highest BCUT2D eigenvalue weighted by Gasteiger charge is 2.09. The van der Waals surface area contributed by atoms with E-state index in [4.69, 9.17) is 11.6 Å². The van der Waals surface area contributed by atoms with E-state index in [0.717, 1.165) is 11.3 Å². The van der Waals surface area contributed by atoms with Gasteiger partial charge in [-0.2, -0.15) is 0 Å². The SMILES string of the molecule is Cc1ccc(Cl)cc1Nc1ncc(C(=O)Nc2ccc(F)cc2)cn1. The van der Waals surface area contributed by atoms with Crippen molar-refractivity contribution in [2.24, 2.45) is 0 Å². The van der Waals surface area contributed by atoms with Crippen molar-refractivity contribution in [3.63, 3.8) is 0 Å². The summed E-state index contributed by atoms with van der Waals surface area (Å²) in [7, 11) is 0. The Balaban J connectivity index is 1.70. The van der Waals surface area contributed by atoms with E-state index in [9.17, 15) is 9.18 Å². The fourth-order valence-corrected chi connectivity index (χ4v) is 2.27. The van der Waals surface area contributed by atoms with E-state index in [-0.39, 0.29) is 17.3 Å². The van der Waals surface area contributed by atoms with Crippen molar-refractivity contribution >= 4 is 34.8 Å². The zero-order valence-corrected chi connectivity index (χ0v) is 14.0. The summed E-state index contributed by atoms with van der Waals surface area (Å²) in [5.74, 6) is -0.395. The van der Waals surface area contributed by atoms with Crippen LogP contribution in [0.4, 0.5) is 21.7 Å². The number of amides is 1. The minimum absolute atomic E-state index is 0.290. The number of rotatable bonds is 4. The van der Waals surface area contributed by atoms with E-state index in [1.807, 2.05) is 13.0 Å². The first-order valence-corrected chi connectivity index (χ1v) is 7.81. The van der Waals surface area contributed by atoms with Crippen LogP contribution in [0.3, 0.4) is 0 Å². The molecule has 7 heteroatoms. The van der Waals surface area contributed by atoms with Gasteiger partial charge in [0.1, 0.15) is 5.82 Å². The summed E-state index contributed by atoms with van der Waals surface area (Å²) in [5.41, 5.74) is 2.56. The molecule has 2 aromatic carbocycles. The third-order valence-corrected chi connectivity index (χ3v) is 3.70. The lowest BCUT2D eigenvalue weighted by Gasteiger charge is -2.09. The average molecular weight is 357 g/mol. The maximum Gasteiger partial charge on any atom is 0.258 e. The molecular weight excluding hydrogens is 343 g/mol. The van der Waals surface area contributed by atoms with Crippen molar-refractivity contribution in [3.05, 3.63) is 76.8 Å². The molecule has 0 unspecified atom stereocenters. The molecule has 2 N–H and O–H groups in total. The minimum atomic E-state index is -0.378. The van der Waals surface area contributed by atoms with Crippen molar-refractivity contribution in [3.8, 4) is 0 Å². The number of carbonyl (C=O) groups excluding carboxylic acids is 1. The fourth-order valence-electron chi connectivity index (χ4n) is 2.10. The predicted molar refractivity (Wildman–Crippen MR) is 95.9 cm³/mol. The highest BCUT2D eigenvalue weighted by molar-refractivity contribution is 6.30. The second-order valence-corrected chi connectivity index (χ2v) is 5.78. The first-order valence-electron chi connectivity index (χ1n) is 7.43. The van der Waals surface area contributed by atoms with Gasteiger partial charge in [0.15, 0.2) is 0 Å². The Morgan fingerprint density at radius 1 is 1.08 bits per heavy atom. The summed E-state index contributed by atoms with van der Waals surface area (Å²) < 4.78 is 12.9. The molecule has 0 spiro atoms. The van der Waals surface area contributed by atoms with Gasteiger partial charge in [0.05, 0.1) is 5.56 Å². The van der Waals surface area contributed by atoms with E-state index < -0.39 is 0 Å². The van der Waals surface area contributed by atoms with E-state index in [1.54, 1.807) is 12.1 Å². The lowest BCUT2D eigenvalue weighted by atomic mass is 10.2. The van der Waals surface area contributed by atoms with Gasteiger partial charge in [-0.3, -0.25) is 4.79 Å². The number of benzene rings is 2. The Labute approximate surface area is 148 Å². The minimum Gasteiger partial charge on any atom is -0.324 e. The van der Waals surface area contributed by atoms with Crippen LogP contribution >= 0.6 is 11.6 Å². The summed E-state index contributed by atoms with van der Waals surface area (Å²) >= 11 is 5.98. The Kier molecular flexibility index (Phi) is 4.90. The monoisotopic (exact) mass is 356 g/mol. The maximum atomic E-state index is 12.9. The molecule has 1 amide bonds. The predicted octanol–water partition coefficient (Wildman–Crippen LogP) is 4.57. The molecule has 0 aliphatic rings. The van der Waals surface area contributed by atoms with Crippen LogP contribution in [0.5, 0.6) is 0 Å². The number of nitrogens with zero attached hydrogens (tertiary/aromatic N) is 2. The number of anilines is 3. The number of halogens is 2. The highest BCUT2D eigenvalue weighted by Crippen LogP contribution is 2.22. The number of aryl methyl sites for hydroxylation is 1. The van der Waals surface area contributed by atoms with Gasteiger partial charge in [-0.25, -0.2) is 14.4 Å². The van der Waals surface area contributed by atoms with Crippen LogP contribution in [0.2, 0.25) is 5.02 Å². The van der Waals surface area contributed by atoms with Gasteiger partial charge in [-0.05, 0) is 48.9 Å². The van der Waals surface area contributed by atoms with Crippen molar-refractivity contribution < 1.29 is 9.18 Å². The first-order chi connectivity index (χ1) is 12.0. The first kappa shape index (κ1) is 16.9. The molecule has 0 fully saturated rings. The van der Waals surface area contributed by atoms with Crippen LogP contribution in [0, 0.1) is 12.7 Å². The van der Waals surface area contributed by atoms with E-state index in [2.05, 4.69) is 20.6 Å². The molecule has 25 heavy (non-hydrogen) atoms. The number of hydrogen-bond acceptors (Lipinski definition) is 4. The molecule has 5 nitrogen and oxygen atoms in total. The van der Waals surface area contributed by atoms with Crippen LogP contribution in [0.25, 0.3) is 0 Å². The van der Waals surface area contributed by atoms with Crippen LogP contribution in [-0.4, -0.2) is 15.9 Å². The Morgan fingerprint density at radius 3 is 2.44 bits per heavy atom. The lowest BCUT2D eigenvalue weighted by Crippen LogP contribution is -2.13. The van der Waals surface area contributed by atoms with E-state index in [1.165, 1.54) is 36.7 Å². The van der Waals surface area contributed by atoms with E-state index in [0.29, 0.717) is 16.7 Å². The zero-order chi connectivity index (χ0) is 17.8. The topological polar surface area (TPSA) is 66.9 Å². The van der Waals surface area contributed by atoms with Gasteiger partial charge in [-0.15, -0.1) is 0 Å². The van der Waals surface area contributed by atoms with Crippen molar-refractivity contribution in [1.82, 2.24) is 9.97 Å². The third kappa shape index (κ3) is 4.30. The Hall–Kier alpha value is -2.99. The average Bonchev–Trinajstić information content (AvgIpc) is 2.61. The van der Waals surface area contributed by atoms with Gasteiger partial charge in [-0.1, -0.05) is 17.7 Å². The zero-order valence-electron chi connectivity index (χ0n) is 13.3. The van der Waals surface area contributed by atoms with Gasteiger partial charge < -0.3 is 10.6 Å². The summed E-state index contributed by atoms with van der Waals surface area (Å²) in [6, 6.07) is 11.0. The Bertz CT molecular complexity index is 898.